The Morgan fingerprint density at radius 2 is 1.60 bits per heavy atom. The normalized spacial score (nSPS) is 11.2. The van der Waals surface area contributed by atoms with Crippen LogP contribution >= 0.6 is 0 Å². The van der Waals surface area contributed by atoms with Crippen molar-refractivity contribution in [3.63, 3.8) is 0 Å². The molecule has 0 aliphatic rings. The zero-order chi connectivity index (χ0) is 24.9. The summed E-state index contributed by atoms with van der Waals surface area (Å²) in [6, 6.07) is 25.8. The summed E-state index contributed by atoms with van der Waals surface area (Å²) in [6.07, 6.45) is 1.62. The molecule has 0 saturated carbocycles. The number of nitrogens with one attached hydrogen (secondary N) is 1. The first-order valence-electron chi connectivity index (χ1n) is 11.6. The predicted octanol–water partition coefficient (Wildman–Crippen LogP) is 7.20. The second kappa shape index (κ2) is 10.3. The van der Waals surface area contributed by atoms with Crippen molar-refractivity contribution in [1.82, 2.24) is 0 Å². The van der Waals surface area contributed by atoms with E-state index >= 15 is 0 Å². The fraction of sp³-hybridized carbons (Fsp3) is 0.161. The monoisotopic (exact) mass is 460 g/mol. The Balaban J connectivity index is 1.69. The summed E-state index contributed by atoms with van der Waals surface area (Å²) in [4.78, 5) is 13.0. The minimum atomic E-state index is -0.455. The Morgan fingerprint density at radius 1 is 0.886 bits per heavy atom. The zero-order valence-electron chi connectivity index (χ0n) is 20.5. The minimum Gasteiger partial charge on any atom is -0.488 e. The van der Waals surface area contributed by atoms with E-state index in [0.29, 0.717) is 23.6 Å². The number of rotatable bonds is 6. The van der Waals surface area contributed by atoms with Gasteiger partial charge in [-0.15, -0.1) is 0 Å². The molecule has 1 N–H and O–H groups in total. The van der Waals surface area contributed by atoms with Crippen LogP contribution in [0.25, 0.3) is 16.8 Å². The number of carbonyl (C=O) groups excluding carboxylic acids is 1. The lowest BCUT2D eigenvalue weighted by atomic mass is 10.0. The van der Waals surface area contributed by atoms with Crippen LogP contribution in [0.5, 0.6) is 5.75 Å². The first-order chi connectivity index (χ1) is 16.9. The van der Waals surface area contributed by atoms with Gasteiger partial charge in [-0.2, -0.15) is 5.26 Å². The van der Waals surface area contributed by atoms with Crippen molar-refractivity contribution in [1.29, 1.82) is 5.26 Å². The predicted molar refractivity (Wildman–Crippen MR) is 142 cm³/mol. The molecule has 0 aliphatic carbocycles. The minimum absolute atomic E-state index is 0.00983. The molecule has 0 heterocycles. The Kier molecular flexibility index (Phi) is 6.98. The van der Waals surface area contributed by atoms with E-state index in [-0.39, 0.29) is 5.57 Å². The summed E-state index contributed by atoms with van der Waals surface area (Å²) < 4.78 is 6.21. The first-order valence-corrected chi connectivity index (χ1v) is 11.6. The zero-order valence-corrected chi connectivity index (χ0v) is 20.5. The van der Waals surface area contributed by atoms with Gasteiger partial charge in [0.1, 0.15) is 24.0 Å². The number of anilines is 1. The molecule has 0 unspecified atom stereocenters. The molecule has 0 saturated heterocycles. The first kappa shape index (κ1) is 23.8. The SMILES string of the molecule is Cc1ccc(COc2ccc3ccccc3c2/C=C(\C#N)C(=O)Nc2ccc(C)c(C)c2)cc1C. The molecular weight excluding hydrogens is 432 g/mol. The van der Waals surface area contributed by atoms with E-state index in [1.807, 2.05) is 68.4 Å². The lowest BCUT2D eigenvalue weighted by Crippen LogP contribution is -2.13. The smallest absolute Gasteiger partial charge is 0.266 e. The third kappa shape index (κ3) is 5.42. The maximum absolute atomic E-state index is 13.0. The molecule has 4 aromatic rings. The number of nitriles is 1. The van der Waals surface area contributed by atoms with Crippen molar-refractivity contribution in [3.05, 3.63) is 112 Å². The Hall–Kier alpha value is -4.36. The van der Waals surface area contributed by atoms with Crippen molar-refractivity contribution < 1.29 is 9.53 Å². The van der Waals surface area contributed by atoms with Crippen molar-refractivity contribution in [3.8, 4) is 11.8 Å². The number of nitrogens with zero attached hydrogens (tertiary/aromatic N) is 1. The third-order valence-electron chi connectivity index (χ3n) is 6.31. The van der Waals surface area contributed by atoms with E-state index in [1.54, 1.807) is 6.08 Å². The average molecular weight is 461 g/mol. The van der Waals surface area contributed by atoms with Gasteiger partial charge < -0.3 is 10.1 Å². The quantitative estimate of drug-likeness (QED) is 0.244. The summed E-state index contributed by atoms with van der Waals surface area (Å²) >= 11 is 0. The molecule has 4 rings (SSSR count). The van der Waals surface area contributed by atoms with Crippen LogP contribution in [0, 0.1) is 39.0 Å². The van der Waals surface area contributed by atoms with E-state index in [4.69, 9.17) is 4.74 Å². The molecule has 0 atom stereocenters. The van der Waals surface area contributed by atoms with Gasteiger partial charge in [0.25, 0.3) is 5.91 Å². The fourth-order valence-corrected chi connectivity index (χ4v) is 3.92. The van der Waals surface area contributed by atoms with Gasteiger partial charge in [0.05, 0.1) is 0 Å². The Morgan fingerprint density at radius 3 is 2.31 bits per heavy atom. The molecule has 4 aromatic carbocycles. The van der Waals surface area contributed by atoms with Crippen LogP contribution in [0.1, 0.15) is 33.4 Å². The van der Waals surface area contributed by atoms with Crippen LogP contribution in [0.4, 0.5) is 5.69 Å². The van der Waals surface area contributed by atoms with E-state index in [9.17, 15) is 10.1 Å². The van der Waals surface area contributed by atoms with E-state index in [1.165, 1.54) is 11.1 Å². The molecular formula is C31H28N2O2. The molecule has 0 fully saturated rings. The van der Waals surface area contributed by atoms with Crippen LogP contribution in [0.3, 0.4) is 0 Å². The molecule has 0 aromatic heterocycles. The number of ether oxygens (including phenoxy) is 1. The fourth-order valence-electron chi connectivity index (χ4n) is 3.92. The number of fused-ring (bicyclic) bond motifs is 1. The van der Waals surface area contributed by atoms with Crippen molar-refractivity contribution in [2.75, 3.05) is 5.32 Å². The van der Waals surface area contributed by atoms with E-state index in [2.05, 4.69) is 43.4 Å². The molecule has 0 aliphatic heterocycles. The largest absolute Gasteiger partial charge is 0.488 e. The molecule has 1 amide bonds. The van der Waals surface area contributed by atoms with E-state index in [0.717, 1.165) is 27.5 Å². The van der Waals surface area contributed by atoms with Gasteiger partial charge in [0.15, 0.2) is 0 Å². The number of hydrogen-bond donors (Lipinski definition) is 1. The van der Waals surface area contributed by atoms with Crippen LogP contribution in [-0.2, 0) is 11.4 Å². The molecule has 0 radical (unpaired) electrons. The highest BCUT2D eigenvalue weighted by Crippen LogP contribution is 2.31. The Labute approximate surface area is 206 Å². The molecule has 0 bridgehead atoms. The summed E-state index contributed by atoms with van der Waals surface area (Å²) in [5, 5.41) is 14.6. The number of carbonyl (C=O) groups is 1. The molecule has 174 valence electrons. The van der Waals surface area contributed by atoms with Gasteiger partial charge >= 0.3 is 0 Å². The van der Waals surface area contributed by atoms with Gasteiger partial charge in [-0.05, 0) is 90.6 Å². The van der Waals surface area contributed by atoms with Crippen LogP contribution < -0.4 is 10.1 Å². The van der Waals surface area contributed by atoms with Gasteiger partial charge in [0, 0.05) is 11.3 Å². The second-order valence-corrected chi connectivity index (χ2v) is 8.83. The lowest BCUT2D eigenvalue weighted by molar-refractivity contribution is -0.112. The maximum Gasteiger partial charge on any atom is 0.266 e. The summed E-state index contributed by atoms with van der Waals surface area (Å²) in [5.41, 5.74) is 7.08. The third-order valence-corrected chi connectivity index (χ3v) is 6.31. The van der Waals surface area contributed by atoms with Crippen molar-refractivity contribution >= 4 is 28.4 Å². The lowest BCUT2D eigenvalue weighted by Gasteiger charge is -2.14. The molecule has 0 spiro atoms. The van der Waals surface area contributed by atoms with Gasteiger partial charge in [-0.25, -0.2) is 0 Å². The highest BCUT2D eigenvalue weighted by molar-refractivity contribution is 6.11. The van der Waals surface area contributed by atoms with Gasteiger partial charge in [-0.3, -0.25) is 4.79 Å². The average Bonchev–Trinajstić information content (AvgIpc) is 2.85. The molecule has 35 heavy (non-hydrogen) atoms. The summed E-state index contributed by atoms with van der Waals surface area (Å²) in [6.45, 7) is 8.55. The topological polar surface area (TPSA) is 62.1 Å². The highest BCUT2D eigenvalue weighted by Gasteiger charge is 2.14. The van der Waals surface area contributed by atoms with Gasteiger partial charge in [0.2, 0.25) is 0 Å². The number of benzene rings is 4. The van der Waals surface area contributed by atoms with Crippen LogP contribution in [-0.4, -0.2) is 5.91 Å². The Bertz CT molecular complexity index is 1490. The van der Waals surface area contributed by atoms with Crippen LogP contribution in [0.2, 0.25) is 0 Å². The number of aryl methyl sites for hydroxylation is 4. The van der Waals surface area contributed by atoms with Crippen molar-refractivity contribution in [2.24, 2.45) is 0 Å². The number of hydrogen-bond acceptors (Lipinski definition) is 3. The second-order valence-electron chi connectivity index (χ2n) is 8.83. The summed E-state index contributed by atoms with van der Waals surface area (Å²) in [5.74, 6) is 0.164. The molecule has 4 heteroatoms. The highest BCUT2D eigenvalue weighted by atomic mass is 16.5. The standard InChI is InChI=1S/C31H28N2O2/c1-20-9-11-24(15-22(20)3)19-35-30-14-12-25-7-5-6-8-28(25)29(30)17-26(18-32)31(34)33-27-13-10-21(2)23(4)16-27/h5-17H,19H2,1-4H3,(H,33,34)/b26-17+. The van der Waals surface area contributed by atoms with Crippen molar-refractivity contribution in [2.45, 2.75) is 34.3 Å². The van der Waals surface area contributed by atoms with Gasteiger partial charge in [-0.1, -0.05) is 54.6 Å². The van der Waals surface area contributed by atoms with Crippen LogP contribution in [0.15, 0.2) is 78.4 Å². The molecule has 4 nitrogen and oxygen atoms in total. The maximum atomic E-state index is 13.0. The number of amides is 1. The summed E-state index contributed by atoms with van der Waals surface area (Å²) in [7, 11) is 0. The van der Waals surface area contributed by atoms with E-state index < -0.39 is 5.91 Å².